The van der Waals surface area contributed by atoms with E-state index in [0.717, 1.165) is 5.56 Å². The molecular weight excluding hydrogens is 358 g/mol. The van der Waals surface area contributed by atoms with Gasteiger partial charge in [-0.25, -0.2) is 4.79 Å². The molecule has 0 unspecified atom stereocenters. The summed E-state index contributed by atoms with van der Waals surface area (Å²) in [6.07, 6.45) is 0.813. The summed E-state index contributed by atoms with van der Waals surface area (Å²) in [4.78, 5) is 27.0. The summed E-state index contributed by atoms with van der Waals surface area (Å²) in [6.45, 7) is 12.1. The van der Waals surface area contributed by atoms with Gasteiger partial charge < -0.3 is 19.5 Å². The summed E-state index contributed by atoms with van der Waals surface area (Å²) >= 11 is 0. The summed E-state index contributed by atoms with van der Waals surface area (Å²) < 4.78 is 11.1. The molecule has 2 atom stereocenters. The maximum Gasteiger partial charge on any atom is 0.410 e. The first-order chi connectivity index (χ1) is 12.8. The molecular formula is C22H33NO5. The van der Waals surface area contributed by atoms with E-state index in [2.05, 4.69) is 0 Å². The van der Waals surface area contributed by atoms with Gasteiger partial charge >= 0.3 is 12.1 Å². The van der Waals surface area contributed by atoms with E-state index in [1.165, 1.54) is 0 Å². The number of nitrogens with zero attached hydrogens (tertiary/aromatic N) is 1. The van der Waals surface area contributed by atoms with Crippen LogP contribution in [0.5, 0.6) is 5.75 Å². The molecule has 156 valence electrons. The predicted molar refractivity (Wildman–Crippen MR) is 107 cm³/mol. The van der Waals surface area contributed by atoms with E-state index in [1.54, 1.807) is 23.1 Å². The fraction of sp³-hybridized carbons (Fsp3) is 0.636. The van der Waals surface area contributed by atoms with Gasteiger partial charge in [-0.05, 0) is 78.0 Å². The monoisotopic (exact) mass is 391 g/mol. The minimum Gasteiger partial charge on any atom is -0.508 e. The summed E-state index contributed by atoms with van der Waals surface area (Å²) in [5.74, 6) is -0.521. The highest BCUT2D eigenvalue weighted by Crippen LogP contribution is 2.31. The number of carbonyl (C=O) groups excluding carboxylic acids is 2. The van der Waals surface area contributed by atoms with Crippen molar-refractivity contribution in [2.75, 3.05) is 13.1 Å². The number of carbonyl (C=O) groups is 2. The predicted octanol–water partition coefficient (Wildman–Crippen LogP) is 4.15. The van der Waals surface area contributed by atoms with Gasteiger partial charge in [0.15, 0.2) is 0 Å². The third kappa shape index (κ3) is 6.73. The molecule has 1 heterocycles. The zero-order valence-electron chi connectivity index (χ0n) is 17.8. The first-order valence-corrected chi connectivity index (χ1v) is 9.83. The van der Waals surface area contributed by atoms with Gasteiger partial charge in [-0.1, -0.05) is 12.1 Å². The Balaban J connectivity index is 2.15. The van der Waals surface area contributed by atoms with Crippen LogP contribution in [0.4, 0.5) is 4.79 Å². The average molecular weight is 392 g/mol. The standard InChI is InChI=1S/C22H33NO5/c1-21(2,3)27-19(25)18(13-15-8-7-9-17(24)12-15)16-10-11-23(14-16)20(26)28-22(4,5)6/h7-9,12,16,18,24H,10-11,13-14H2,1-6H3/t16-,18+/m0/s1. The zero-order chi connectivity index (χ0) is 21.1. The molecule has 1 saturated heterocycles. The maximum atomic E-state index is 12.9. The number of phenolic OH excluding ortho intramolecular Hbond substituents is 1. The third-order valence-corrected chi connectivity index (χ3v) is 4.52. The fourth-order valence-electron chi connectivity index (χ4n) is 3.37. The quantitative estimate of drug-likeness (QED) is 0.781. The van der Waals surface area contributed by atoms with Gasteiger partial charge in [0.2, 0.25) is 0 Å². The van der Waals surface area contributed by atoms with Crippen molar-refractivity contribution in [1.29, 1.82) is 0 Å². The maximum absolute atomic E-state index is 12.9. The van der Waals surface area contributed by atoms with Crippen molar-refractivity contribution >= 4 is 12.1 Å². The van der Waals surface area contributed by atoms with Gasteiger partial charge in [-0.15, -0.1) is 0 Å². The number of aromatic hydroxyl groups is 1. The van der Waals surface area contributed by atoms with Crippen LogP contribution >= 0.6 is 0 Å². The number of ether oxygens (including phenoxy) is 2. The van der Waals surface area contributed by atoms with E-state index in [4.69, 9.17) is 9.47 Å². The summed E-state index contributed by atoms with van der Waals surface area (Å²) in [5, 5.41) is 9.75. The van der Waals surface area contributed by atoms with E-state index >= 15 is 0 Å². The lowest BCUT2D eigenvalue weighted by atomic mass is 9.86. The Morgan fingerprint density at radius 3 is 2.36 bits per heavy atom. The molecule has 1 N–H and O–H groups in total. The van der Waals surface area contributed by atoms with E-state index in [-0.39, 0.29) is 23.7 Å². The first kappa shape index (κ1) is 22.1. The van der Waals surface area contributed by atoms with Crippen molar-refractivity contribution in [3.8, 4) is 5.75 Å². The Morgan fingerprint density at radius 1 is 1.14 bits per heavy atom. The van der Waals surface area contributed by atoms with Crippen LogP contribution in [-0.4, -0.2) is 46.4 Å². The van der Waals surface area contributed by atoms with Gasteiger partial charge in [-0.3, -0.25) is 4.79 Å². The van der Waals surface area contributed by atoms with Gasteiger partial charge in [0.1, 0.15) is 17.0 Å². The number of likely N-dealkylation sites (tertiary alicyclic amines) is 1. The van der Waals surface area contributed by atoms with Crippen LogP contribution in [0.1, 0.15) is 53.5 Å². The van der Waals surface area contributed by atoms with Crippen molar-refractivity contribution in [3.63, 3.8) is 0 Å². The molecule has 0 spiro atoms. The van der Waals surface area contributed by atoms with Crippen LogP contribution in [0, 0.1) is 11.8 Å². The Labute approximate surface area is 167 Å². The molecule has 1 aliphatic rings. The SMILES string of the molecule is CC(C)(C)OC(=O)[C@H](Cc1cccc(O)c1)[C@H]1CCN(C(=O)OC(C)(C)C)C1. The normalized spacial score (nSPS) is 18.6. The van der Waals surface area contributed by atoms with Crippen molar-refractivity contribution < 1.29 is 24.2 Å². The molecule has 1 fully saturated rings. The molecule has 2 rings (SSSR count). The van der Waals surface area contributed by atoms with Crippen molar-refractivity contribution in [2.24, 2.45) is 11.8 Å². The number of hydrogen-bond acceptors (Lipinski definition) is 5. The molecule has 1 amide bonds. The molecule has 1 aromatic carbocycles. The number of hydrogen-bond donors (Lipinski definition) is 1. The van der Waals surface area contributed by atoms with Crippen LogP contribution in [0.3, 0.4) is 0 Å². The highest BCUT2D eigenvalue weighted by atomic mass is 16.6. The lowest BCUT2D eigenvalue weighted by Crippen LogP contribution is -2.38. The Hall–Kier alpha value is -2.24. The molecule has 0 aliphatic carbocycles. The highest BCUT2D eigenvalue weighted by molar-refractivity contribution is 5.74. The van der Waals surface area contributed by atoms with E-state index in [1.807, 2.05) is 47.6 Å². The number of benzene rings is 1. The Bertz CT molecular complexity index is 702. The van der Waals surface area contributed by atoms with Gasteiger partial charge in [0, 0.05) is 13.1 Å². The number of rotatable bonds is 4. The summed E-state index contributed by atoms with van der Waals surface area (Å²) in [7, 11) is 0. The van der Waals surface area contributed by atoms with Crippen LogP contribution in [0.15, 0.2) is 24.3 Å². The second-order valence-electron chi connectivity index (χ2n) is 9.49. The lowest BCUT2D eigenvalue weighted by molar-refractivity contribution is -0.161. The van der Waals surface area contributed by atoms with Gasteiger partial charge in [0.25, 0.3) is 0 Å². The second kappa shape index (κ2) is 8.41. The van der Waals surface area contributed by atoms with E-state index in [9.17, 15) is 14.7 Å². The molecule has 0 aromatic heterocycles. The molecule has 28 heavy (non-hydrogen) atoms. The molecule has 6 nitrogen and oxygen atoms in total. The van der Waals surface area contributed by atoms with Crippen LogP contribution in [0.25, 0.3) is 0 Å². The molecule has 6 heteroatoms. The molecule has 0 saturated carbocycles. The second-order valence-corrected chi connectivity index (χ2v) is 9.49. The lowest BCUT2D eigenvalue weighted by Gasteiger charge is -2.28. The zero-order valence-corrected chi connectivity index (χ0v) is 17.8. The molecule has 0 bridgehead atoms. The number of phenols is 1. The van der Waals surface area contributed by atoms with Crippen LogP contribution in [-0.2, 0) is 20.7 Å². The van der Waals surface area contributed by atoms with Crippen LogP contribution in [0.2, 0.25) is 0 Å². The number of esters is 1. The van der Waals surface area contributed by atoms with Crippen LogP contribution < -0.4 is 0 Å². The summed E-state index contributed by atoms with van der Waals surface area (Å²) in [5.41, 5.74) is -0.273. The molecule has 1 aromatic rings. The minimum absolute atomic E-state index is 0.0234. The Morgan fingerprint density at radius 2 is 1.79 bits per heavy atom. The van der Waals surface area contributed by atoms with Crippen molar-refractivity contribution in [3.05, 3.63) is 29.8 Å². The highest BCUT2D eigenvalue weighted by Gasteiger charge is 2.39. The summed E-state index contributed by atoms with van der Waals surface area (Å²) in [6, 6.07) is 6.92. The smallest absolute Gasteiger partial charge is 0.410 e. The largest absolute Gasteiger partial charge is 0.508 e. The molecule has 0 radical (unpaired) electrons. The average Bonchev–Trinajstić information content (AvgIpc) is 2.99. The van der Waals surface area contributed by atoms with Gasteiger partial charge in [0.05, 0.1) is 5.92 Å². The fourth-order valence-corrected chi connectivity index (χ4v) is 3.37. The van der Waals surface area contributed by atoms with Crippen molar-refractivity contribution in [1.82, 2.24) is 4.90 Å². The molecule has 1 aliphatic heterocycles. The topological polar surface area (TPSA) is 76.1 Å². The van der Waals surface area contributed by atoms with E-state index in [0.29, 0.717) is 25.9 Å². The Kier molecular flexibility index (Phi) is 6.63. The van der Waals surface area contributed by atoms with E-state index < -0.39 is 17.1 Å². The number of amides is 1. The van der Waals surface area contributed by atoms with Gasteiger partial charge in [-0.2, -0.15) is 0 Å². The third-order valence-electron chi connectivity index (χ3n) is 4.52. The first-order valence-electron chi connectivity index (χ1n) is 9.83. The minimum atomic E-state index is -0.586. The van der Waals surface area contributed by atoms with Crippen molar-refractivity contribution in [2.45, 2.75) is 65.6 Å².